The van der Waals surface area contributed by atoms with Crippen LogP contribution in [0.4, 0.5) is 5.69 Å². The molecule has 0 aliphatic carbocycles. The average molecular weight is 341 g/mol. The summed E-state index contributed by atoms with van der Waals surface area (Å²) in [5.74, 6) is -0.202. The van der Waals surface area contributed by atoms with E-state index in [1.807, 2.05) is 72.1 Å². The molecule has 0 spiro atoms. The number of hydrogen-bond donors (Lipinski definition) is 1. The van der Waals surface area contributed by atoms with Gasteiger partial charge in [0.25, 0.3) is 5.91 Å². The number of fused-ring (bicyclic) bond motifs is 1. The number of amides is 1. The summed E-state index contributed by atoms with van der Waals surface area (Å²) in [6, 6.07) is 22.1. The van der Waals surface area contributed by atoms with Gasteiger partial charge in [-0.25, -0.2) is 4.98 Å². The van der Waals surface area contributed by atoms with Crippen molar-refractivity contribution >= 4 is 17.2 Å². The van der Waals surface area contributed by atoms with E-state index in [0.717, 1.165) is 28.9 Å². The van der Waals surface area contributed by atoms with Gasteiger partial charge in [-0.15, -0.1) is 0 Å². The third-order valence-electron chi connectivity index (χ3n) is 4.35. The van der Waals surface area contributed by atoms with Gasteiger partial charge >= 0.3 is 0 Å². The molecule has 0 aliphatic rings. The maximum absolute atomic E-state index is 12.7. The second kappa shape index (κ2) is 6.84. The molecule has 2 aromatic carbocycles. The van der Waals surface area contributed by atoms with E-state index in [2.05, 4.69) is 22.4 Å². The fourth-order valence-corrected chi connectivity index (χ4v) is 2.99. The lowest BCUT2D eigenvalue weighted by Gasteiger charge is -2.10. The molecule has 0 fully saturated rings. The summed E-state index contributed by atoms with van der Waals surface area (Å²) in [7, 11) is 0. The Balaban J connectivity index is 1.59. The van der Waals surface area contributed by atoms with Gasteiger partial charge in [0.05, 0.1) is 0 Å². The van der Waals surface area contributed by atoms with Crippen molar-refractivity contribution < 1.29 is 4.79 Å². The third-order valence-corrected chi connectivity index (χ3v) is 4.35. The molecule has 0 saturated heterocycles. The molecule has 0 saturated carbocycles. The number of nitrogens with zero attached hydrogens (tertiary/aromatic N) is 2. The second-order valence-corrected chi connectivity index (χ2v) is 6.37. The Labute approximate surface area is 152 Å². The maximum Gasteiger partial charge on any atom is 0.275 e. The van der Waals surface area contributed by atoms with E-state index < -0.39 is 0 Å². The lowest BCUT2D eigenvalue weighted by Crippen LogP contribution is -2.13. The number of aryl methyl sites for hydroxylation is 1. The van der Waals surface area contributed by atoms with Crippen molar-refractivity contribution in [3.63, 3.8) is 0 Å². The molecule has 0 atom stereocenters. The van der Waals surface area contributed by atoms with Crippen LogP contribution < -0.4 is 5.32 Å². The molecule has 4 rings (SSSR count). The van der Waals surface area contributed by atoms with Crippen LogP contribution in [-0.2, 0) is 6.42 Å². The first-order valence-electron chi connectivity index (χ1n) is 8.57. The standard InChI is InChI=1S/C22H19N3O/c1-16-11-12-25-15-20(23-21(25)13-16)22(26)24-19-10-6-5-9-18(19)14-17-7-3-2-4-8-17/h2-13,15H,14H2,1H3,(H,24,26). The molecule has 2 heterocycles. The van der Waals surface area contributed by atoms with Gasteiger partial charge in [-0.3, -0.25) is 4.79 Å². The number of para-hydroxylation sites is 1. The van der Waals surface area contributed by atoms with Crippen LogP contribution in [0.3, 0.4) is 0 Å². The summed E-state index contributed by atoms with van der Waals surface area (Å²) < 4.78 is 1.86. The molecule has 128 valence electrons. The zero-order valence-electron chi connectivity index (χ0n) is 14.5. The molecule has 1 N–H and O–H groups in total. The highest BCUT2D eigenvalue weighted by Crippen LogP contribution is 2.20. The zero-order valence-corrected chi connectivity index (χ0v) is 14.5. The van der Waals surface area contributed by atoms with Gasteiger partial charge in [0.15, 0.2) is 0 Å². The normalized spacial score (nSPS) is 10.8. The molecule has 0 aliphatic heterocycles. The Bertz CT molecular complexity index is 1070. The van der Waals surface area contributed by atoms with E-state index in [9.17, 15) is 4.79 Å². The first-order chi connectivity index (χ1) is 12.7. The third kappa shape index (κ3) is 3.35. The Morgan fingerprint density at radius 2 is 1.81 bits per heavy atom. The molecule has 26 heavy (non-hydrogen) atoms. The highest BCUT2D eigenvalue weighted by atomic mass is 16.1. The molecular formula is C22H19N3O. The second-order valence-electron chi connectivity index (χ2n) is 6.37. The van der Waals surface area contributed by atoms with E-state index in [-0.39, 0.29) is 5.91 Å². The Hall–Kier alpha value is -3.40. The topological polar surface area (TPSA) is 46.4 Å². The van der Waals surface area contributed by atoms with Crippen LogP contribution in [0.1, 0.15) is 27.2 Å². The predicted molar refractivity (Wildman–Crippen MR) is 104 cm³/mol. The van der Waals surface area contributed by atoms with Gasteiger partial charge in [-0.1, -0.05) is 48.5 Å². The van der Waals surface area contributed by atoms with Crippen LogP contribution in [0, 0.1) is 6.92 Å². The van der Waals surface area contributed by atoms with E-state index in [4.69, 9.17) is 0 Å². The monoisotopic (exact) mass is 341 g/mol. The SMILES string of the molecule is Cc1ccn2cc(C(=O)Nc3ccccc3Cc3ccccc3)nc2c1. The number of aromatic nitrogens is 2. The fourth-order valence-electron chi connectivity index (χ4n) is 2.99. The summed E-state index contributed by atoms with van der Waals surface area (Å²) in [6.45, 7) is 2.01. The van der Waals surface area contributed by atoms with Crippen molar-refractivity contribution in [2.24, 2.45) is 0 Å². The van der Waals surface area contributed by atoms with Gasteiger partial charge < -0.3 is 9.72 Å². The molecule has 4 aromatic rings. The number of carbonyl (C=O) groups excluding carboxylic acids is 1. The van der Waals surface area contributed by atoms with Gasteiger partial charge in [-0.05, 0) is 48.2 Å². The minimum atomic E-state index is -0.202. The molecular weight excluding hydrogens is 322 g/mol. The van der Waals surface area contributed by atoms with Crippen molar-refractivity contribution in [3.8, 4) is 0 Å². The molecule has 0 bridgehead atoms. The van der Waals surface area contributed by atoms with Crippen molar-refractivity contribution in [3.05, 3.63) is 102 Å². The number of carbonyl (C=O) groups is 1. The number of hydrogen-bond acceptors (Lipinski definition) is 2. The van der Waals surface area contributed by atoms with Gasteiger partial charge in [0.2, 0.25) is 0 Å². The average Bonchev–Trinajstić information content (AvgIpc) is 3.07. The summed E-state index contributed by atoms with van der Waals surface area (Å²) >= 11 is 0. The quantitative estimate of drug-likeness (QED) is 0.595. The molecule has 4 heteroatoms. The highest BCUT2D eigenvalue weighted by Gasteiger charge is 2.13. The zero-order chi connectivity index (χ0) is 17.9. The van der Waals surface area contributed by atoms with Crippen molar-refractivity contribution in [1.82, 2.24) is 9.38 Å². The van der Waals surface area contributed by atoms with Crippen LogP contribution in [0.5, 0.6) is 0 Å². The number of imidazole rings is 1. The van der Waals surface area contributed by atoms with Crippen LogP contribution in [-0.4, -0.2) is 15.3 Å². The van der Waals surface area contributed by atoms with Crippen LogP contribution in [0.25, 0.3) is 5.65 Å². The van der Waals surface area contributed by atoms with Crippen molar-refractivity contribution in [1.29, 1.82) is 0 Å². The van der Waals surface area contributed by atoms with E-state index in [1.54, 1.807) is 6.20 Å². The molecule has 0 unspecified atom stereocenters. The summed E-state index contributed by atoms with van der Waals surface area (Å²) in [6.07, 6.45) is 4.43. The van der Waals surface area contributed by atoms with E-state index in [1.165, 1.54) is 5.56 Å². The predicted octanol–water partition coefficient (Wildman–Crippen LogP) is 4.49. The van der Waals surface area contributed by atoms with Crippen molar-refractivity contribution in [2.75, 3.05) is 5.32 Å². The largest absolute Gasteiger partial charge is 0.320 e. The lowest BCUT2D eigenvalue weighted by molar-refractivity contribution is 0.102. The van der Waals surface area contributed by atoms with Crippen molar-refractivity contribution in [2.45, 2.75) is 13.3 Å². The number of pyridine rings is 1. The van der Waals surface area contributed by atoms with Crippen LogP contribution >= 0.6 is 0 Å². The summed E-state index contributed by atoms with van der Waals surface area (Å²) in [5.41, 5.74) is 5.39. The van der Waals surface area contributed by atoms with Crippen LogP contribution in [0.15, 0.2) is 79.1 Å². The number of anilines is 1. The minimum Gasteiger partial charge on any atom is -0.320 e. The van der Waals surface area contributed by atoms with Gasteiger partial charge in [-0.2, -0.15) is 0 Å². The fraction of sp³-hybridized carbons (Fsp3) is 0.0909. The first kappa shape index (κ1) is 16.1. The minimum absolute atomic E-state index is 0.202. The Morgan fingerprint density at radius 1 is 1.04 bits per heavy atom. The van der Waals surface area contributed by atoms with Gasteiger partial charge in [0.1, 0.15) is 11.3 Å². The number of nitrogens with one attached hydrogen (secondary N) is 1. The number of benzene rings is 2. The first-order valence-corrected chi connectivity index (χ1v) is 8.57. The lowest BCUT2D eigenvalue weighted by atomic mass is 10.0. The molecule has 4 nitrogen and oxygen atoms in total. The Morgan fingerprint density at radius 3 is 2.65 bits per heavy atom. The summed E-state index contributed by atoms with van der Waals surface area (Å²) in [5, 5.41) is 3.01. The maximum atomic E-state index is 12.7. The molecule has 0 radical (unpaired) electrons. The highest BCUT2D eigenvalue weighted by molar-refractivity contribution is 6.03. The number of rotatable bonds is 4. The molecule has 1 amide bonds. The van der Waals surface area contributed by atoms with E-state index in [0.29, 0.717) is 5.69 Å². The van der Waals surface area contributed by atoms with Crippen LogP contribution in [0.2, 0.25) is 0 Å². The van der Waals surface area contributed by atoms with Gasteiger partial charge in [0, 0.05) is 18.1 Å². The van der Waals surface area contributed by atoms with E-state index >= 15 is 0 Å². The Kier molecular flexibility index (Phi) is 4.23. The smallest absolute Gasteiger partial charge is 0.275 e. The summed E-state index contributed by atoms with van der Waals surface area (Å²) in [4.78, 5) is 17.1. The molecule has 2 aromatic heterocycles.